The Kier molecular flexibility index (Phi) is 4.10. The Morgan fingerprint density at radius 1 is 1.03 bits per heavy atom. The molecule has 0 atom stereocenters. The molecule has 0 radical (unpaired) electrons. The van der Waals surface area contributed by atoms with E-state index >= 15 is 0 Å². The van der Waals surface area contributed by atoms with Crippen LogP contribution in [0, 0.1) is 11.6 Å². The minimum absolute atomic E-state index is 0.289. The molecule has 0 spiro atoms. The van der Waals surface area contributed by atoms with Gasteiger partial charge in [-0.25, -0.2) is 23.1 Å². The number of hydrogen-bond donors (Lipinski definition) is 0. The highest BCUT2D eigenvalue weighted by molar-refractivity contribution is 6.05. The van der Waals surface area contributed by atoms with Gasteiger partial charge in [-0.2, -0.15) is 5.10 Å². The summed E-state index contributed by atoms with van der Waals surface area (Å²) in [6, 6.07) is 4.26. The fourth-order valence-electron chi connectivity index (χ4n) is 3.75. The molecule has 156 valence electrons. The lowest BCUT2D eigenvalue weighted by Gasteiger charge is -2.11. The van der Waals surface area contributed by atoms with Gasteiger partial charge in [0.1, 0.15) is 11.6 Å². The van der Waals surface area contributed by atoms with Crippen molar-refractivity contribution in [1.82, 2.24) is 28.9 Å². The first kappa shape index (κ1) is 18.9. The van der Waals surface area contributed by atoms with Crippen LogP contribution in [-0.4, -0.2) is 36.0 Å². The zero-order valence-corrected chi connectivity index (χ0v) is 16.8. The smallest absolute Gasteiger partial charge is 0.334 e. The molecule has 0 aliphatic rings. The maximum absolute atomic E-state index is 14.6. The Labute approximate surface area is 174 Å². The molecule has 0 saturated carbocycles. The molecule has 31 heavy (non-hydrogen) atoms. The highest BCUT2D eigenvalue weighted by atomic mass is 19.1. The van der Waals surface area contributed by atoms with E-state index in [1.165, 1.54) is 10.8 Å². The van der Waals surface area contributed by atoms with Crippen LogP contribution >= 0.6 is 0 Å². The average molecular weight is 422 g/mol. The monoisotopic (exact) mass is 422 g/mol. The molecule has 0 bridgehead atoms. The molecule has 0 saturated heterocycles. The van der Waals surface area contributed by atoms with E-state index in [0.717, 1.165) is 21.9 Å². The van der Waals surface area contributed by atoms with E-state index in [9.17, 15) is 13.6 Å². The molecule has 0 aliphatic heterocycles. The molecule has 0 N–H and O–H groups in total. The van der Waals surface area contributed by atoms with E-state index in [1.807, 2.05) is 12.3 Å². The summed E-state index contributed by atoms with van der Waals surface area (Å²) in [4.78, 5) is 21.3. The third kappa shape index (κ3) is 2.79. The fraction of sp³-hybridized carbons (Fsp3) is 0.143. The predicted octanol–water partition coefficient (Wildman–Crippen LogP) is 2.96. The topological polar surface area (TPSA) is 79.8 Å². The molecule has 0 unspecified atom stereocenters. The maximum Gasteiger partial charge on any atom is 0.334 e. The molecule has 4 aromatic heterocycles. The molecular formula is C21H16F2N6O2. The standard InChI is InChI=1S/C21H16F2N6O2/c1-27-10-11(7-26-27)13-5-14-16(6-18(13)31-3)24-9-17-19(14)29(21(30)28(17)2)20-15(23)4-12(22)8-25-20/h4-10H,1-3H3. The number of halogens is 2. The molecule has 4 heterocycles. The van der Waals surface area contributed by atoms with Gasteiger partial charge in [0.2, 0.25) is 0 Å². The Balaban J connectivity index is 1.94. The van der Waals surface area contributed by atoms with E-state index in [-0.39, 0.29) is 5.82 Å². The number of methoxy groups -OCH3 is 1. The van der Waals surface area contributed by atoms with E-state index in [1.54, 1.807) is 38.2 Å². The molecule has 0 aliphatic carbocycles. The van der Waals surface area contributed by atoms with Crippen LogP contribution in [0.4, 0.5) is 8.78 Å². The van der Waals surface area contributed by atoms with Crippen LogP contribution in [0.1, 0.15) is 0 Å². The number of aryl methyl sites for hydroxylation is 2. The molecule has 5 aromatic rings. The lowest BCUT2D eigenvalue weighted by Crippen LogP contribution is -2.22. The number of aromatic nitrogens is 6. The van der Waals surface area contributed by atoms with Crippen LogP contribution in [-0.2, 0) is 14.1 Å². The van der Waals surface area contributed by atoms with Crippen LogP contribution in [0.25, 0.3) is 38.9 Å². The van der Waals surface area contributed by atoms with Gasteiger partial charge >= 0.3 is 5.69 Å². The van der Waals surface area contributed by atoms with Crippen molar-refractivity contribution in [2.24, 2.45) is 14.1 Å². The van der Waals surface area contributed by atoms with Gasteiger partial charge in [-0.15, -0.1) is 0 Å². The fourth-order valence-corrected chi connectivity index (χ4v) is 3.75. The summed E-state index contributed by atoms with van der Waals surface area (Å²) in [6.07, 6.45) is 5.92. The number of fused-ring (bicyclic) bond motifs is 3. The van der Waals surface area contributed by atoms with Gasteiger partial charge in [0.15, 0.2) is 11.6 Å². The molecule has 0 amide bonds. The largest absolute Gasteiger partial charge is 0.496 e. The normalized spacial score (nSPS) is 11.5. The molecule has 0 fully saturated rings. The van der Waals surface area contributed by atoms with E-state index in [2.05, 4.69) is 15.1 Å². The van der Waals surface area contributed by atoms with Crippen molar-refractivity contribution in [3.05, 3.63) is 65.1 Å². The number of imidazole rings is 1. The van der Waals surface area contributed by atoms with Crippen molar-refractivity contribution in [1.29, 1.82) is 0 Å². The molecule has 1 aromatic carbocycles. The summed E-state index contributed by atoms with van der Waals surface area (Å²) in [7, 11) is 4.91. The number of benzene rings is 1. The van der Waals surface area contributed by atoms with Gasteiger partial charge in [-0.3, -0.25) is 14.2 Å². The average Bonchev–Trinajstić information content (AvgIpc) is 3.29. The summed E-state index contributed by atoms with van der Waals surface area (Å²) in [5.74, 6) is -1.49. The first-order chi connectivity index (χ1) is 14.9. The van der Waals surface area contributed by atoms with E-state index in [4.69, 9.17) is 4.74 Å². The number of hydrogen-bond acceptors (Lipinski definition) is 5. The summed E-state index contributed by atoms with van der Waals surface area (Å²) >= 11 is 0. The maximum atomic E-state index is 14.6. The Morgan fingerprint density at radius 2 is 1.84 bits per heavy atom. The second-order valence-corrected chi connectivity index (χ2v) is 7.10. The van der Waals surface area contributed by atoms with Gasteiger partial charge in [-0.05, 0) is 6.07 Å². The summed E-state index contributed by atoms with van der Waals surface area (Å²) in [6.45, 7) is 0. The number of pyridine rings is 2. The van der Waals surface area contributed by atoms with Crippen LogP contribution in [0.15, 0.2) is 47.8 Å². The van der Waals surface area contributed by atoms with Crippen molar-refractivity contribution in [3.8, 4) is 22.7 Å². The van der Waals surface area contributed by atoms with Crippen LogP contribution < -0.4 is 10.4 Å². The lowest BCUT2D eigenvalue weighted by molar-refractivity contribution is 0.417. The quantitative estimate of drug-likeness (QED) is 0.447. The number of ether oxygens (including phenoxy) is 1. The van der Waals surface area contributed by atoms with Gasteiger partial charge < -0.3 is 4.74 Å². The third-order valence-corrected chi connectivity index (χ3v) is 5.22. The third-order valence-electron chi connectivity index (χ3n) is 5.22. The summed E-state index contributed by atoms with van der Waals surface area (Å²) in [5.41, 5.74) is 2.43. The van der Waals surface area contributed by atoms with Gasteiger partial charge in [0, 0.05) is 48.9 Å². The van der Waals surface area contributed by atoms with Gasteiger partial charge in [-0.1, -0.05) is 0 Å². The van der Waals surface area contributed by atoms with Crippen molar-refractivity contribution < 1.29 is 13.5 Å². The van der Waals surface area contributed by atoms with E-state index < -0.39 is 17.3 Å². The first-order valence-corrected chi connectivity index (χ1v) is 9.27. The molecule has 8 nitrogen and oxygen atoms in total. The second kappa shape index (κ2) is 6.73. The molecular weight excluding hydrogens is 406 g/mol. The van der Waals surface area contributed by atoms with Crippen LogP contribution in [0.5, 0.6) is 5.75 Å². The lowest BCUT2D eigenvalue weighted by atomic mass is 10.0. The van der Waals surface area contributed by atoms with Gasteiger partial charge in [0.25, 0.3) is 0 Å². The predicted molar refractivity (Wildman–Crippen MR) is 110 cm³/mol. The zero-order valence-electron chi connectivity index (χ0n) is 16.8. The minimum atomic E-state index is -0.944. The zero-order chi connectivity index (χ0) is 21.9. The summed E-state index contributed by atoms with van der Waals surface area (Å²) in [5, 5.41) is 4.79. The molecule has 5 rings (SSSR count). The number of rotatable bonds is 3. The van der Waals surface area contributed by atoms with Gasteiger partial charge in [0.05, 0.1) is 42.3 Å². The Hall–Kier alpha value is -4.08. The Morgan fingerprint density at radius 3 is 2.52 bits per heavy atom. The van der Waals surface area contributed by atoms with Crippen molar-refractivity contribution in [2.75, 3.05) is 7.11 Å². The SMILES string of the molecule is COc1cc2ncc3c(c2cc1-c1cnn(C)c1)n(-c1ncc(F)cc1F)c(=O)n3C. The van der Waals surface area contributed by atoms with Crippen molar-refractivity contribution >= 4 is 21.9 Å². The number of nitrogens with zero attached hydrogens (tertiary/aromatic N) is 6. The van der Waals surface area contributed by atoms with E-state index in [0.29, 0.717) is 33.8 Å². The van der Waals surface area contributed by atoms with Crippen LogP contribution in [0.2, 0.25) is 0 Å². The Bertz CT molecular complexity index is 1550. The highest BCUT2D eigenvalue weighted by Crippen LogP contribution is 2.36. The summed E-state index contributed by atoms with van der Waals surface area (Å²) < 4.78 is 37.7. The van der Waals surface area contributed by atoms with Crippen LogP contribution in [0.3, 0.4) is 0 Å². The van der Waals surface area contributed by atoms with Crippen molar-refractivity contribution in [2.45, 2.75) is 0 Å². The first-order valence-electron chi connectivity index (χ1n) is 9.27. The highest BCUT2D eigenvalue weighted by Gasteiger charge is 2.21. The minimum Gasteiger partial charge on any atom is -0.496 e. The second-order valence-electron chi connectivity index (χ2n) is 7.10. The van der Waals surface area contributed by atoms with Crippen molar-refractivity contribution in [3.63, 3.8) is 0 Å². The molecule has 10 heteroatoms.